The highest BCUT2D eigenvalue weighted by Gasteiger charge is 2.37. The molecule has 2 unspecified atom stereocenters. The monoisotopic (exact) mass is 850 g/mol. The highest BCUT2D eigenvalue weighted by atomic mass is 16.7. The lowest BCUT2D eigenvalue weighted by molar-refractivity contribution is -0.150. The van der Waals surface area contributed by atoms with Crippen molar-refractivity contribution in [1.29, 1.82) is 0 Å². The molecule has 0 aromatic rings. The first-order valence-corrected chi connectivity index (χ1v) is 25.4. The van der Waals surface area contributed by atoms with Gasteiger partial charge in [-0.15, -0.1) is 0 Å². The Morgan fingerprint density at radius 1 is 0.617 bits per heavy atom. The molecule has 0 bridgehead atoms. The zero-order valence-corrected chi connectivity index (χ0v) is 39.7. The Hall–Kier alpha value is -2.33. The number of aliphatic hydroxyl groups is 1. The maximum Gasteiger partial charge on any atom is 0.508 e. The molecule has 1 aliphatic carbocycles. The summed E-state index contributed by atoms with van der Waals surface area (Å²) in [6.45, 7) is 12.7. The standard InChI is InChI=1S/C50H95N3O7/c1-6-9-12-15-19-26-34-43(4)59-50(57)58-42-32-25-24-31-40-53(41-33-38-52-47-46(51-5)48(55)49(47)56)39-30-23-18-22-29-37-45(54)60-44(35-27-20-16-13-10-7-2)36-28-21-17-14-11-8-3/h43-44,48,51-52,55H,6-42H2,1-5H3. The number of ether oxygens (including phenoxy) is 3. The highest BCUT2D eigenvalue weighted by Crippen LogP contribution is 2.21. The molecule has 0 aromatic carbocycles. The van der Waals surface area contributed by atoms with Gasteiger partial charge in [-0.3, -0.25) is 9.59 Å². The molecule has 60 heavy (non-hydrogen) atoms. The van der Waals surface area contributed by atoms with Gasteiger partial charge in [0.1, 0.15) is 17.9 Å². The van der Waals surface area contributed by atoms with Gasteiger partial charge < -0.3 is 34.9 Å². The fourth-order valence-corrected chi connectivity index (χ4v) is 8.12. The quantitative estimate of drug-likeness (QED) is 0.0403. The van der Waals surface area contributed by atoms with E-state index in [1.165, 1.54) is 96.3 Å². The molecule has 0 amide bonds. The van der Waals surface area contributed by atoms with Crippen molar-refractivity contribution < 1.29 is 33.7 Å². The molecule has 0 heterocycles. The van der Waals surface area contributed by atoms with Crippen molar-refractivity contribution in [3.05, 3.63) is 11.4 Å². The molecule has 0 aromatic heterocycles. The number of aliphatic hydroxyl groups excluding tert-OH is 1. The fraction of sp³-hybridized carbons (Fsp3) is 0.900. The summed E-state index contributed by atoms with van der Waals surface area (Å²) in [4.78, 5) is 39.6. The number of nitrogens with zero attached hydrogens (tertiary/aromatic N) is 1. The second kappa shape index (κ2) is 39.5. The molecule has 2 atom stereocenters. The zero-order valence-electron chi connectivity index (χ0n) is 39.7. The third-order valence-electron chi connectivity index (χ3n) is 12.0. The summed E-state index contributed by atoms with van der Waals surface area (Å²) in [6, 6.07) is 0. The van der Waals surface area contributed by atoms with Gasteiger partial charge in [-0.1, -0.05) is 149 Å². The van der Waals surface area contributed by atoms with Crippen LogP contribution in [0.1, 0.15) is 233 Å². The van der Waals surface area contributed by atoms with Gasteiger partial charge in [-0.05, 0) is 97.2 Å². The van der Waals surface area contributed by atoms with Crippen molar-refractivity contribution in [2.75, 3.05) is 39.8 Å². The van der Waals surface area contributed by atoms with Gasteiger partial charge in [0.05, 0.1) is 12.3 Å². The fourth-order valence-electron chi connectivity index (χ4n) is 8.12. The lowest BCUT2D eigenvalue weighted by Gasteiger charge is -2.29. The molecule has 1 aliphatic rings. The summed E-state index contributed by atoms with van der Waals surface area (Å²) in [7, 11) is 1.72. The summed E-state index contributed by atoms with van der Waals surface area (Å²) in [5.74, 6) is -0.252. The molecule has 0 saturated heterocycles. The van der Waals surface area contributed by atoms with Crippen molar-refractivity contribution >= 4 is 17.9 Å². The minimum Gasteiger partial charge on any atom is -0.462 e. The van der Waals surface area contributed by atoms with Crippen molar-refractivity contribution in [2.24, 2.45) is 0 Å². The van der Waals surface area contributed by atoms with Gasteiger partial charge in [0.25, 0.3) is 0 Å². The largest absolute Gasteiger partial charge is 0.508 e. The van der Waals surface area contributed by atoms with Gasteiger partial charge in [0.2, 0.25) is 5.78 Å². The molecule has 0 saturated carbocycles. The van der Waals surface area contributed by atoms with Crippen LogP contribution in [0.5, 0.6) is 0 Å². The SMILES string of the molecule is CCCCCCCCC(C)OC(=O)OCCCCCCN(CCCCCCCC(=O)OC(CCCCCCCC)CCCCCCCC)CCCNC1=C(NC)C(O)C1=O. The summed E-state index contributed by atoms with van der Waals surface area (Å²) < 4.78 is 16.9. The number of hydrogen-bond acceptors (Lipinski definition) is 10. The van der Waals surface area contributed by atoms with Gasteiger partial charge in [-0.2, -0.15) is 0 Å². The van der Waals surface area contributed by atoms with Crippen LogP contribution < -0.4 is 10.6 Å². The number of carbonyl (C=O) groups excluding carboxylic acids is 3. The summed E-state index contributed by atoms with van der Waals surface area (Å²) in [5.41, 5.74) is 1.08. The average molecular weight is 850 g/mol. The maximum absolute atomic E-state index is 12.9. The topological polar surface area (TPSA) is 126 Å². The Morgan fingerprint density at radius 3 is 1.63 bits per heavy atom. The number of nitrogens with one attached hydrogen (secondary N) is 2. The van der Waals surface area contributed by atoms with E-state index in [2.05, 4.69) is 36.3 Å². The highest BCUT2D eigenvalue weighted by molar-refractivity contribution is 6.07. The first kappa shape index (κ1) is 55.7. The summed E-state index contributed by atoms with van der Waals surface area (Å²) in [6.07, 6.45) is 34.6. The van der Waals surface area contributed by atoms with Crippen LogP contribution in [0.15, 0.2) is 11.4 Å². The first-order valence-electron chi connectivity index (χ1n) is 25.4. The van der Waals surface area contributed by atoms with Crippen LogP contribution in [0.4, 0.5) is 4.79 Å². The number of ketones is 1. The molecule has 10 heteroatoms. The van der Waals surface area contributed by atoms with E-state index in [0.717, 1.165) is 122 Å². The number of esters is 1. The first-order chi connectivity index (χ1) is 29.3. The van der Waals surface area contributed by atoms with E-state index in [4.69, 9.17) is 14.2 Å². The Balaban J connectivity index is 2.38. The summed E-state index contributed by atoms with van der Waals surface area (Å²) in [5, 5.41) is 16.0. The third-order valence-corrected chi connectivity index (χ3v) is 12.0. The normalized spacial score (nSPS) is 14.5. The Morgan fingerprint density at radius 2 is 1.08 bits per heavy atom. The molecule has 1 rings (SSSR count). The van der Waals surface area contributed by atoms with E-state index in [1.807, 2.05) is 6.92 Å². The maximum atomic E-state index is 12.9. The van der Waals surface area contributed by atoms with Crippen molar-refractivity contribution in [3.8, 4) is 0 Å². The Bertz CT molecular complexity index is 1070. The molecule has 352 valence electrons. The Kier molecular flexibility index (Phi) is 36.7. The number of carbonyl (C=O) groups is 3. The summed E-state index contributed by atoms with van der Waals surface area (Å²) >= 11 is 0. The number of unbranched alkanes of at least 4 members (excludes halogenated alkanes) is 22. The molecule has 0 spiro atoms. The lowest BCUT2D eigenvalue weighted by Crippen LogP contribution is -2.47. The smallest absolute Gasteiger partial charge is 0.462 e. The minimum atomic E-state index is -1.03. The second-order valence-electron chi connectivity index (χ2n) is 17.7. The average Bonchev–Trinajstić information content (AvgIpc) is 3.23. The molecule has 10 nitrogen and oxygen atoms in total. The van der Waals surface area contributed by atoms with Crippen LogP contribution in [0.2, 0.25) is 0 Å². The van der Waals surface area contributed by atoms with Crippen molar-refractivity contribution in [3.63, 3.8) is 0 Å². The van der Waals surface area contributed by atoms with E-state index in [9.17, 15) is 19.5 Å². The van der Waals surface area contributed by atoms with Gasteiger partial charge in [0.15, 0.2) is 6.10 Å². The van der Waals surface area contributed by atoms with Crippen LogP contribution in [0, 0.1) is 0 Å². The number of rotatable bonds is 44. The molecule has 0 fully saturated rings. The molecule has 0 radical (unpaired) electrons. The van der Waals surface area contributed by atoms with Crippen LogP contribution in [0.3, 0.4) is 0 Å². The number of hydrogen-bond donors (Lipinski definition) is 3. The number of Topliss-reactive ketones (excluding diaryl/α,β-unsaturated/α-hetero) is 1. The van der Waals surface area contributed by atoms with Crippen molar-refractivity contribution in [2.45, 2.75) is 251 Å². The number of likely N-dealkylation sites (N-methyl/N-ethyl adjacent to an activating group) is 1. The minimum absolute atomic E-state index is 0.00707. The van der Waals surface area contributed by atoms with Crippen LogP contribution in [-0.2, 0) is 23.8 Å². The van der Waals surface area contributed by atoms with E-state index < -0.39 is 12.3 Å². The lowest BCUT2D eigenvalue weighted by atomic mass is 9.95. The van der Waals surface area contributed by atoms with Crippen LogP contribution >= 0.6 is 0 Å². The Labute approximate surface area is 368 Å². The van der Waals surface area contributed by atoms with E-state index in [0.29, 0.717) is 31.0 Å². The van der Waals surface area contributed by atoms with Gasteiger partial charge in [-0.25, -0.2) is 4.79 Å². The molecule has 0 aliphatic heterocycles. The van der Waals surface area contributed by atoms with E-state index >= 15 is 0 Å². The van der Waals surface area contributed by atoms with Crippen LogP contribution in [-0.4, -0.2) is 86.1 Å². The second-order valence-corrected chi connectivity index (χ2v) is 17.7. The van der Waals surface area contributed by atoms with E-state index in [-0.39, 0.29) is 24.0 Å². The third kappa shape index (κ3) is 29.8. The van der Waals surface area contributed by atoms with Gasteiger partial charge >= 0.3 is 12.1 Å². The van der Waals surface area contributed by atoms with Gasteiger partial charge in [0, 0.05) is 20.0 Å². The molecule has 3 N–H and O–H groups in total. The van der Waals surface area contributed by atoms with Crippen LogP contribution in [0.25, 0.3) is 0 Å². The zero-order chi connectivity index (χ0) is 43.9. The molecular weight excluding hydrogens is 755 g/mol. The predicted molar refractivity (Wildman–Crippen MR) is 248 cm³/mol. The van der Waals surface area contributed by atoms with E-state index in [1.54, 1.807) is 7.05 Å². The molecular formula is C50H95N3O7. The van der Waals surface area contributed by atoms with Crippen molar-refractivity contribution in [1.82, 2.24) is 15.5 Å². The predicted octanol–water partition coefficient (Wildman–Crippen LogP) is 12.2.